The predicted molar refractivity (Wildman–Crippen MR) is 162 cm³/mol. The number of amides is 3. The maximum absolute atomic E-state index is 13.8. The molecule has 220 valence electrons. The van der Waals surface area contributed by atoms with Crippen LogP contribution in [0, 0.1) is 11.8 Å². The Balaban J connectivity index is 1.38. The molecule has 0 saturated carbocycles. The Morgan fingerprint density at radius 2 is 1.90 bits per heavy atom. The number of H-pyrrole nitrogens is 1. The number of hydrogen-bond acceptors (Lipinski definition) is 7. The average Bonchev–Trinajstić information content (AvgIpc) is 3.61. The number of nitrogens with one attached hydrogen (secondary N) is 4. The van der Waals surface area contributed by atoms with Crippen molar-refractivity contribution in [3.8, 4) is 5.75 Å². The second-order valence-corrected chi connectivity index (χ2v) is 12.1. The fourth-order valence-corrected chi connectivity index (χ4v) is 6.30. The number of piperidine rings is 1. The van der Waals surface area contributed by atoms with Crippen molar-refractivity contribution in [1.29, 1.82) is 0 Å². The lowest BCUT2D eigenvalue weighted by Crippen LogP contribution is -2.53. The van der Waals surface area contributed by atoms with E-state index in [1.54, 1.807) is 13.2 Å². The number of aromatic amines is 1. The van der Waals surface area contributed by atoms with Gasteiger partial charge in [0.25, 0.3) is 5.91 Å². The normalized spacial score (nSPS) is 16.7. The van der Waals surface area contributed by atoms with E-state index in [1.807, 2.05) is 56.3 Å². The standard InChI is InChI=1S/C31H35N5O5S/c1-17(2)14-23(35-30(40)24-16-19-20(33-24)10-6-11-25(19)41-3)29(39)34-22(15-18-8-7-13-32-28(18)38)27(37)31-36-21-9-4-5-12-26(21)42-31/h4-6,9-12,16-18,22-23,33H,7-8,13-15H2,1-3H3,(H,32,38)(H,34,39)(H,35,40)/t18-,22-,23-/m0/s1. The maximum atomic E-state index is 13.8. The average molecular weight is 590 g/mol. The summed E-state index contributed by atoms with van der Waals surface area (Å²) >= 11 is 1.26. The monoisotopic (exact) mass is 589 g/mol. The van der Waals surface area contributed by atoms with Crippen molar-refractivity contribution in [3.63, 3.8) is 0 Å². The number of ether oxygens (including phenoxy) is 1. The van der Waals surface area contributed by atoms with Gasteiger partial charge in [-0.1, -0.05) is 32.0 Å². The minimum absolute atomic E-state index is 0.0754. The zero-order valence-corrected chi connectivity index (χ0v) is 24.7. The number of carbonyl (C=O) groups excluding carboxylic acids is 4. The topological polar surface area (TPSA) is 142 Å². The number of Topliss-reactive ketones (excluding diaryl/α,β-unsaturated/α-hetero) is 1. The Hall–Kier alpha value is -4.25. The van der Waals surface area contributed by atoms with Crippen LogP contribution in [-0.2, 0) is 9.59 Å². The first-order valence-electron chi connectivity index (χ1n) is 14.2. The van der Waals surface area contributed by atoms with Crippen molar-refractivity contribution in [3.05, 3.63) is 59.2 Å². The molecule has 0 bridgehead atoms. The number of methoxy groups -OCH3 is 1. The van der Waals surface area contributed by atoms with Crippen LogP contribution in [0.2, 0.25) is 0 Å². The molecule has 1 aliphatic heterocycles. The third kappa shape index (κ3) is 6.46. The van der Waals surface area contributed by atoms with E-state index in [2.05, 4.69) is 25.9 Å². The van der Waals surface area contributed by atoms with Crippen molar-refractivity contribution in [2.75, 3.05) is 13.7 Å². The van der Waals surface area contributed by atoms with Crippen molar-refractivity contribution in [2.45, 2.75) is 51.6 Å². The number of benzene rings is 2. The second-order valence-electron chi connectivity index (χ2n) is 11.0. The van der Waals surface area contributed by atoms with Crippen LogP contribution in [0.1, 0.15) is 59.8 Å². The number of fused-ring (bicyclic) bond motifs is 2. The van der Waals surface area contributed by atoms with Crippen molar-refractivity contribution in [2.24, 2.45) is 11.8 Å². The van der Waals surface area contributed by atoms with E-state index in [4.69, 9.17) is 4.74 Å². The minimum Gasteiger partial charge on any atom is -0.496 e. The maximum Gasteiger partial charge on any atom is 0.268 e. The van der Waals surface area contributed by atoms with Gasteiger partial charge in [0, 0.05) is 23.4 Å². The van der Waals surface area contributed by atoms with Gasteiger partial charge in [0.2, 0.25) is 17.6 Å². The molecule has 3 amide bonds. The Kier molecular flexibility index (Phi) is 8.86. The third-order valence-electron chi connectivity index (χ3n) is 7.47. The van der Waals surface area contributed by atoms with Crippen LogP contribution < -0.4 is 20.7 Å². The predicted octanol–water partition coefficient (Wildman–Crippen LogP) is 4.21. The molecule has 2 aromatic heterocycles. The number of rotatable bonds is 11. The number of para-hydroxylation sites is 1. The fourth-order valence-electron chi connectivity index (χ4n) is 5.34. The highest BCUT2D eigenvalue weighted by molar-refractivity contribution is 7.20. The molecular formula is C31H35N5O5S. The smallest absolute Gasteiger partial charge is 0.268 e. The van der Waals surface area contributed by atoms with Crippen LogP contribution in [0.4, 0.5) is 0 Å². The number of ketones is 1. The summed E-state index contributed by atoms with van der Waals surface area (Å²) in [6.45, 7) is 4.51. The first kappa shape index (κ1) is 29.2. The van der Waals surface area contributed by atoms with E-state index < -0.39 is 29.8 Å². The lowest BCUT2D eigenvalue weighted by Gasteiger charge is -2.27. The molecule has 3 heterocycles. The highest BCUT2D eigenvalue weighted by Crippen LogP contribution is 2.27. The molecule has 5 rings (SSSR count). The van der Waals surface area contributed by atoms with Crippen LogP contribution in [0.5, 0.6) is 5.75 Å². The van der Waals surface area contributed by atoms with Gasteiger partial charge in [0.05, 0.1) is 23.4 Å². The fraction of sp³-hybridized carbons (Fsp3) is 0.387. The zero-order chi connectivity index (χ0) is 29.8. The molecule has 11 heteroatoms. The molecule has 2 aromatic carbocycles. The SMILES string of the molecule is COc1cccc2[nH]c(C(=O)N[C@@H](CC(C)C)C(=O)N[C@@H](C[C@@H]3CCCNC3=O)C(=O)c3nc4ccccc4s3)cc12. The molecular weight excluding hydrogens is 554 g/mol. The van der Waals surface area contributed by atoms with Crippen LogP contribution >= 0.6 is 11.3 Å². The van der Waals surface area contributed by atoms with Gasteiger partial charge >= 0.3 is 0 Å². The van der Waals surface area contributed by atoms with Gasteiger partial charge in [-0.15, -0.1) is 11.3 Å². The molecule has 0 aliphatic carbocycles. The van der Waals surface area contributed by atoms with E-state index in [0.717, 1.165) is 22.0 Å². The number of hydrogen-bond donors (Lipinski definition) is 4. The Morgan fingerprint density at radius 1 is 1.10 bits per heavy atom. The largest absolute Gasteiger partial charge is 0.496 e. The summed E-state index contributed by atoms with van der Waals surface area (Å²) in [5, 5.41) is 9.62. The lowest BCUT2D eigenvalue weighted by atomic mass is 9.90. The molecule has 0 unspecified atom stereocenters. The summed E-state index contributed by atoms with van der Waals surface area (Å²) in [4.78, 5) is 61.0. The van der Waals surface area contributed by atoms with Gasteiger partial charge in [-0.3, -0.25) is 19.2 Å². The third-order valence-corrected chi connectivity index (χ3v) is 8.53. The van der Waals surface area contributed by atoms with E-state index in [0.29, 0.717) is 30.7 Å². The summed E-state index contributed by atoms with van der Waals surface area (Å²) in [6, 6.07) is 12.7. The van der Waals surface area contributed by atoms with E-state index in [1.165, 1.54) is 11.3 Å². The number of carbonyl (C=O) groups is 4. The summed E-state index contributed by atoms with van der Waals surface area (Å²) in [5.74, 6) is -1.12. The summed E-state index contributed by atoms with van der Waals surface area (Å²) < 4.78 is 6.27. The van der Waals surface area contributed by atoms with Crippen LogP contribution in [0.3, 0.4) is 0 Å². The van der Waals surface area contributed by atoms with Gasteiger partial charge in [0.1, 0.15) is 17.5 Å². The number of nitrogens with zero attached hydrogens (tertiary/aromatic N) is 1. The Morgan fingerprint density at radius 3 is 2.64 bits per heavy atom. The van der Waals surface area contributed by atoms with Crippen LogP contribution in [0.25, 0.3) is 21.1 Å². The first-order valence-corrected chi connectivity index (χ1v) is 15.0. The van der Waals surface area contributed by atoms with E-state index in [9.17, 15) is 19.2 Å². The Bertz CT molecular complexity index is 1590. The van der Waals surface area contributed by atoms with Gasteiger partial charge in [-0.25, -0.2) is 4.98 Å². The molecule has 3 atom stereocenters. The molecule has 10 nitrogen and oxygen atoms in total. The van der Waals surface area contributed by atoms with Crippen LogP contribution in [-0.4, -0.2) is 59.2 Å². The van der Waals surface area contributed by atoms with Gasteiger partial charge in [-0.05, 0) is 61.9 Å². The molecule has 0 radical (unpaired) electrons. The van der Waals surface area contributed by atoms with Gasteiger partial charge in [-0.2, -0.15) is 0 Å². The second kappa shape index (κ2) is 12.7. The molecule has 1 aliphatic rings. The quantitative estimate of drug-likeness (QED) is 0.193. The van der Waals surface area contributed by atoms with Crippen molar-refractivity contribution in [1.82, 2.24) is 25.9 Å². The molecule has 4 aromatic rings. The van der Waals surface area contributed by atoms with Gasteiger partial charge in [0.15, 0.2) is 5.01 Å². The lowest BCUT2D eigenvalue weighted by molar-refractivity contribution is -0.128. The molecule has 1 saturated heterocycles. The summed E-state index contributed by atoms with van der Waals surface area (Å²) in [7, 11) is 1.56. The van der Waals surface area contributed by atoms with E-state index >= 15 is 0 Å². The molecule has 4 N–H and O–H groups in total. The van der Waals surface area contributed by atoms with Gasteiger partial charge < -0.3 is 25.7 Å². The first-order chi connectivity index (χ1) is 20.2. The molecule has 42 heavy (non-hydrogen) atoms. The van der Waals surface area contributed by atoms with Crippen molar-refractivity contribution < 1.29 is 23.9 Å². The number of aromatic nitrogens is 2. The highest BCUT2D eigenvalue weighted by atomic mass is 32.1. The van der Waals surface area contributed by atoms with Crippen LogP contribution in [0.15, 0.2) is 48.5 Å². The summed E-state index contributed by atoms with van der Waals surface area (Å²) in [6.07, 6.45) is 1.93. The molecule has 0 spiro atoms. The number of thiazole rings is 1. The molecule has 1 fully saturated rings. The van der Waals surface area contributed by atoms with Crippen molar-refractivity contribution >= 4 is 56.0 Å². The zero-order valence-electron chi connectivity index (χ0n) is 23.9. The highest BCUT2D eigenvalue weighted by Gasteiger charge is 2.34. The summed E-state index contributed by atoms with van der Waals surface area (Å²) in [5.41, 5.74) is 1.72. The van der Waals surface area contributed by atoms with E-state index in [-0.39, 0.29) is 34.7 Å². The Labute approximate surface area is 247 Å². The minimum atomic E-state index is -0.976.